The Labute approximate surface area is 196 Å². The lowest BCUT2D eigenvalue weighted by Gasteiger charge is -2.32. The number of carbonyl (C=O) groups is 5. The second-order valence-electron chi connectivity index (χ2n) is 10.1. The van der Waals surface area contributed by atoms with Crippen LogP contribution >= 0.6 is 0 Å². The Bertz CT molecular complexity index is 898. The van der Waals surface area contributed by atoms with Gasteiger partial charge in [-0.05, 0) is 36.8 Å². The van der Waals surface area contributed by atoms with Gasteiger partial charge in [-0.3, -0.25) is 19.2 Å². The molecule has 0 aliphatic heterocycles. The number of benzene rings is 1. The Balaban J connectivity index is 2.62. The van der Waals surface area contributed by atoms with Gasteiger partial charge in [0, 0.05) is 12.3 Å². The van der Waals surface area contributed by atoms with E-state index in [9.17, 15) is 24.0 Å². The first-order chi connectivity index (χ1) is 15.4. The van der Waals surface area contributed by atoms with Crippen molar-refractivity contribution in [1.82, 2.24) is 0 Å². The van der Waals surface area contributed by atoms with E-state index in [2.05, 4.69) is 0 Å². The highest BCUT2D eigenvalue weighted by Crippen LogP contribution is 2.43. The highest BCUT2D eigenvalue weighted by atomic mass is 16.6. The first-order valence-corrected chi connectivity index (χ1v) is 11.9. The number of esters is 1. The van der Waals surface area contributed by atoms with Crippen molar-refractivity contribution >= 4 is 29.1 Å². The Morgan fingerprint density at radius 1 is 0.909 bits per heavy atom. The van der Waals surface area contributed by atoms with Crippen molar-refractivity contribution in [2.24, 2.45) is 29.6 Å². The third-order valence-electron chi connectivity index (χ3n) is 6.26. The molecule has 1 aliphatic carbocycles. The van der Waals surface area contributed by atoms with Crippen LogP contribution < -0.4 is 0 Å². The van der Waals surface area contributed by atoms with E-state index in [0.717, 1.165) is 0 Å². The molecule has 0 aromatic heterocycles. The smallest absolute Gasteiger partial charge is 0.339 e. The predicted octanol–water partition coefficient (Wildman–Crippen LogP) is 4.63. The van der Waals surface area contributed by atoms with Gasteiger partial charge >= 0.3 is 5.97 Å². The van der Waals surface area contributed by atoms with Crippen LogP contribution in [-0.2, 0) is 23.9 Å². The molecule has 0 spiro atoms. The molecular formula is C27H36O6. The fourth-order valence-corrected chi connectivity index (χ4v) is 4.26. The van der Waals surface area contributed by atoms with E-state index in [4.69, 9.17) is 4.74 Å². The highest BCUT2D eigenvalue weighted by molar-refractivity contribution is 6.34. The van der Waals surface area contributed by atoms with E-state index in [-0.39, 0.29) is 30.2 Å². The summed E-state index contributed by atoms with van der Waals surface area (Å²) in [4.78, 5) is 66.8. The molecule has 6 heteroatoms. The lowest BCUT2D eigenvalue weighted by Crippen LogP contribution is -2.53. The zero-order valence-electron chi connectivity index (χ0n) is 20.6. The van der Waals surface area contributed by atoms with E-state index in [0.29, 0.717) is 12.8 Å². The molecule has 3 atom stereocenters. The number of hydrogen-bond donors (Lipinski definition) is 0. The van der Waals surface area contributed by atoms with Crippen LogP contribution in [0.1, 0.15) is 77.6 Å². The molecule has 1 aromatic rings. The van der Waals surface area contributed by atoms with Gasteiger partial charge in [-0.1, -0.05) is 66.2 Å². The highest BCUT2D eigenvalue weighted by Gasteiger charge is 2.67. The van der Waals surface area contributed by atoms with Gasteiger partial charge < -0.3 is 4.74 Å². The average Bonchev–Trinajstić information content (AvgIpc) is 2.96. The summed E-state index contributed by atoms with van der Waals surface area (Å²) in [5, 5.41) is 0. The Morgan fingerprint density at radius 2 is 1.48 bits per heavy atom. The van der Waals surface area contributed by atoms with E-state index >= 15 is 0 Å². The SMILES string of the molecule is CC(C)CCC(=O)C1(OC(=O)c2ccccc2)C(=O)C(C(=O)C(C)C)C(=O)C1CCC(C)C. The van der Waals surface area contributed by atoms with Crippen molar-refractivity contribution < 1.29 is 28.7 Å². The topological polar surface area (TPSA) is 94.6 Å². The van der Waals surface area contributed by atoms with Gasteiger partial charge in [0.1, 0.15) is 5.92 Å². The fourth-order valence-electron chi connectivity index (χ4n) is 4.26. The van der Waals surface area contributed by atoms with E-state index in [1.54, 1.807) is 32.0 Å². The third-order valence-corrected chi connectivity index (χ3v) is 6.26. The second kappa shape index (κ2) is 11.0. The lowest BCUT2D eigenvalue weighted by atomic mass is 9.79. The van der Waals surface area contributed by atoms with Crippen LogP contribution in [0.5, 0.6) is 0 Å². The summed E-state index contributed by atoms with van der Waals surface area (Å²) in [6.45, 7) is 11.1. The molecule has 180 valence electrons. The minimum absolute atomic E-state index is 0.0144. The number of hydrogen-bond acceptors (Lipinski definition) is 6. The first-order valence-electron chi connectivity index (χ1n) is 11.9. The van der Waals surface area contributed by atoms with Crippen LogP contribution in [0, 0.1) is 29.6 Å². The van der Waals surface area contributed by atoms with E-state index in [1.165, 1.54) is 12.1 Å². The molecule has 1 fully saturated rings. The number of rotatable bonds is 11. The van der Waals surface area contributed by atoms with Crippen molar-refractivity contribution in [3.05, 3.63) is 35.9 Å². The molecule has 0 saturated heterocycles. The normalized spacial score (nSPS) is 22.9. The number of ketones is 4. The standard InChI is InChI=1S/C27H36O6/c1-16(2)12-14-20-24(30)22(23(29)18(5)6)25(31)27(20,21(28)15-13-17(3)4)33-26(32)19-10-8-7-9-11-19/h7-11,16-18,20,22H,12-15H2,1-6H3. The Kier molecular flexibility index (Phi) is 8.87. The lowest BCUT2D eigenvalue weighted by molar-refractivity contribution is -0.156. The third kappa shape index (κ3) is 5.66. The molecular weight excluding hydrogens is 420 g/mol. The molecule has 33 heavy (non-hydrogen) atoms. The Hall–Kier alpha value is -2.63. The van der Waals surface area contributed by atoms with Gasteiger partial charge in [0.25, 0.3) is 0 Å². The summed E-state index contributed by atoms with van der Waals surface area (Å²) in [6, 6.07) is 8.07. The van der Waals surface area contributed by atoms with E-state index < -0.39 is 52.5 Å². The van der Waals surface area contributed by atoms with E-state index in [1.807, 2.05) is 27.7 Å². The minimum atomic E-state index is -2.26. The molecule has 3 unspecified atom stereocenters. The van der Waals surface area contributed by atoms with Crippen molar-refractivity contribution in [2.45, 2.75) is 72.8 Å². The largest absolute Gasteiger partial charge is 0.438 e. The van der Waals surface area contributed by atoms with Crippen LogP contribution in [0.4, 0.5) is 0 Å². The van der Waals surface area contributed by atoms with Crippen LogP contribution in [0.2, 0.25) is 0 Å². The maximum Gasteiger partial charge on any atom is 0.339 e. The van der Waals surface area contributed by atoms with Gasteiger partial charge in [0.15, 0.2) is 17.3 Å². The van der Waals surface area contributed by atoms with Crippen molar-refractivity contribution in [3.63, 3.8) is 0 Å². The van der Waals surface area contributed by atoms with Crippen LogP contribution in [0.25, 0.3) is 0 Å². The maximum absolute atomic E-state index is 13.8. The molecule has 6 nitrogen and oxygen atoms in total. The van der Waals surface area contributed by atoms with Crippen molar-refractivity contribution in [3.8, 4) is 0 Å². The summed E-state index contributed by atoms with van der Waals surface area (Å²) < 4.78 is 5.76. The second-order valence-corrected chi connectivity index (χ2v) is 10.1. The first kappa shape index (κ1) is 26.6. The van der Waals surface area contributed by atoms with Crippen LogP contribution in [0.15, 0.2) is 30.3 Å². The maximum atomic E-state index is 13.8. The fraction of sp³-hybridized carbons (Fsp3) is 0.593. The summed E-state index contributed by atoms with van der Waals surface area (Å²) in [5.41, 5.74) is -2.08. The molecule has 0 amide bonds. The summed E-state index contributed by atoms with van der Waals surface area (Å²) in [5.74, 6) is -6.38. The molecule has 0 heterocycles. The molecule has 1 aromatic carbocycles. The Morgan fingerprint density at radius 3 is 2.00 bits per heavy atom. The van der Waals surface area contributed by atoms with Gasteiger partial charge in [0.05, 0.1) is 11.5 Å². The molecule has 2 rings (SSSR count). The molecule has 1 aliphatic rings. The molecule has 1 saturated carbocycles. The molecule has 0 N–H and O–H groups in total. The minimum Gasteiger partial charge on any atom is -0.438 e. The molecule has 0 radical (unpaired) electrons. The molecule has 0 bridgehead atoms. The van der Waals surface area contributed by atoms with Crippen molar-refractivity contribution in [2.75, 3.05) is 0 Å². The number of Topliss-reactive ketones (excluding diaryl/α,β-unsaturated/α-hetero) is 4. The van der Waals surface area contributed by atoms with Gasteiger partial charge in [0.2, 0.25) is 11.4 Å². The average molecular weight is 457 g/mol. The monoisotopic (exact) mass is 456 g/mol. The number of ether oxygens (including phenoxy) is 1. The quantitative estimate of drug-likeness (QED) is 0.356. The zero-order valence-corrected chi connectivity index (χ0v) is 20.6. The van der Waals surface area contributed by atoms with Gasteiger partial charge in [-0.2, -0.15) is 0 Å². The van der Waals surface area contributed by atoms with Crippen LogP contribution in [0.3, 0.4) is 0 Å². The van der Waals surface area contributed by atoms with Gasteiger partial charge in [-0.15, -0.1) is 0 Å². The summed E-state index contributed by atoms with van der Waals surface area (Å²) in [7, 11) is 0. The van der Waals surface area contributed by atoms with Crippen LogP contribution in [-0.4, -0.2) is 34.7 Å². The van der Waals surface area contributed by atoms with Gasteiger partial charge in [-0.25, -0.2) is 4.79 Å². The zero-order chi connectivity index (χ0) is 24.9. The number of carbonyl (C=O) groups excluding carboxylic acids is 5. The summed E-state index contributed by atoms with van der Waals surface area (Å²) >= 11 is 0. The van der Waals surface area contributed by atoms with Crippen molar-refractivity contribution in [1.29, 1.82) is 0 Å². The predicted molar refractivity (Wildman–Crippen MR) is 125 cm³/mol. The summed E-state index contributed by atoms with van der Waals surface area (Å²) in [6.07, 6.45) is 1.21.